The molecular formula is C13H19N3O3. The van der Waals surface area contributed by atoms with Gasteiger partial charge in [-0.25, -0.2) is 4.79 Å². The van der Waals surface area contributed by atoms with Crippen molar-refractivity contribution in [3.63, 3.8) is 0 Å². The number of aliphatic carboxylic acids is 1. The first-order chi connectivity index (χ1) is 9.04. The summed E-state index contributed by atoms with van der Waals surface area (Å²) in [7, 11) is 0. The summed E-state index contributed by atoms with van der Waals surface area (Å²) in [5, 5.41) is 12.2. The number of carboxylic acid groups (broad SMARTS) is 1. The lowest BCUT2D eigenvalue weighted by Crippen LogP contribution is -2.75. The zero-order valence-electron chi connectivity index (χ0n) is 10.9. The number of rotatable bonds is 3. The average molecular weight is 265 g/mol. The van der Waals surface area contributed by atoms with E-state index >= 15 is 0 Å². The molecule has 6 nitrogen and oxygen atoms in total. The lowest BCUT2D eigenvalue weighted by atomic mass is 9.38. The Morgan fingerprint density at radius 1 is 1.42 bits per heavy atom. The van der Waals surface area contributed by atoms with E-state index in [0.717, 1.165) is 45.4 Å². The molecule has 2 aliphatic heterocycles. The smallest absolute Gasteiger partial charge is 0.320 e. The Labute approximate surface area is 111 Å². The van der Waals surface area contributed by atoms with Crippen molar-refractivity contribution in [1.82, 2.24) is 15.1 Å². The first-order valence-electron chi connectivity index (χ1n) is 7.05. The van der Waals surface area contributed by atoms with Crippen molar-refractivity contribution in [2.24, 2.45) is 5.41 Å². The lowest BCUT2D eigenvalue weighted by molar-refractivity contribution is -0.208. The number of nitrogens with one attached hydrogen (secondary N) is 1. The van der Waals surface area contributed by atoms with Crippen molar-refractivity contribution in [3.8, 4) is 0 Å². The number of fused-ring (bicyclic) bond motifs is 1. The van der Waals surface area contributed by atoms with Crippen LogP contribution in [-0.2, 0) is 4.79 Å². The fourth-order valence-corrected chi connectivity index (χ4v) is 4.75. The summed E-state index contributed by atoms with van der Waals surface area (Å²) in [5.41, 5.74) is 0.0112. The van der Waals surface area contributed by atoms with Gasteiger partial charge in [-0.2, -0.15) is 0 Å². The Bertz CT molecular complexity index is 444. The Balaban J connectivity index is 1.46. The summed E-state index contributed by atoms with van der Waals surface area (Å²) in [6, 6.07) is 0.487. The molecule has 0 aromatic carbocycles. The third-order valence-corrected chi connectivity index (χ3v) is 5.43. The largest absolute Gasteiger partial charge is 0.481 e. The standard InChI is InChI=1S/C13H19N3O3/c17-10(18)3-12-6-13(7-12,8-12)16-5-9-4-14-1-2-15(9)11(16)19/h9,14H,1-8H2,(H,17,18). The molecule has 2 N–H and O–H groups in total. The van der Waals surface area contributed by atoms with Crippen LogP contribution in [-0.4, -0.2) is 64.7 Å². The van der Waals surface area contributed by atoms with Crippen LogP contribution in [0.25, 0.3) is 0 Å². The van der Waals surface area contributed by atoms with Crippen molar-refractivity contribution in [1.29, 1.82) is 0 Å². The van der Waals surface area contributed by atoms with E-state index in [0.29, 0.717) is 6.04 Å². The molecular weight excluding hydrogens is 246 g/mol. The fraction of sp³-hybridized carbons (Fsp3) is 0.846. The maximum atomic E-state index is 12.4. The Morgan fingerprint density at radius 3 is 2.79 bits per heavy atom. The van der Waals surface area contributed by atoms with Gasteiger partial charge in [0.05, 0.1) is 12.5 Å². The molecule has 2 amide bonds. The molecule has 5 rings (SSSR count). The van der Waals surface area contributed by atoms with Crippen LogP contribution < -0.4 is 5.32 Å². The van der Waals surface area contributed by atoms with Crippen LogP contribution in [0.4, 0.5) is 4.79 Å². The molecule has 3 aliphatic carbocycles. The lowest BCUT2D eigenvalue weighted by Gasteiger charge is -2.73. The predicted molar refractivity (Wildman–Crippen MR) is 66.7 cm³/mol. The Hall–Kier alpha value is -1.30. The van der Waals surface area contributed by atoms with Gasteiger partial charge < -0.3 is 20.2 Å². The van der Waals surface area contributed by atoms with E-state index in [2.05, 4.69) is 5.32 Å². The minimum absolute atomic E-state index is 0.00384. The Kier molecular flexibility index (Phi) is 2.07. The van der Waals surface area contributed by atoms with E-state index in [1.807, 2.05) is 9.80 Å². The number of carbonyl (C=O) groups excluding carboxylic acids is 1. The first kappa shape index (κ1) is 11.5. The van der Waals surface area contributed by atoms with Gasteiger partial charge in [0.2, 0.25) is 0 Å². The van der Waals surface area contributed by atoms with Gasteiger partial charge >= 0.3 is 12.0 Å². The van der Waals surface area contributed by atoms with Crippen LogP contribution in [0, 0.1) is 5.41 Å². The molecule has 0 aromatic rings. The minimum atomic E-state index is -0.706. The number of urea groups is 1. The summed E-state index contributed by atoms with van der Waals surface area (Å²) < 4.78 is 0. The number of carbonyl (C=O) groups is 2. The zero-order chi connectivity index (χ0) is 13.3. The SMILES string of the molecule is O=C(O)CC12CC(N3CC4CNCCN4C3=O)(C1)C2. The maximum Gasteiger partial charge on any atom is 0.320 e. The Morgan fingerprint density at radius 2 is 2.16 bits per heavy atom. The molecule has 1 unspecified atom stereocenters. The number of amides is 2. The summed E-state index contributed by atoms with van der Waals surface area (Å²) in [6.45, 7) is 3.38. The summed E-state index contributed by atoms with van der Waals surface area (Å²) in [5.74, 6) is -0.706. The number of carboxylic acids is 1. The van der Waals surface area contributed by atoms with Gasteiger partial charge in [-0.3, -0.25) is 4.79 Å². The van der Waals surface area contributed by atoms with Gasteiger partial charge in [-0.15, -0.1) is 0 Å². The van der Waals surface area contributed by atoms with E-state index in [4.69, 9.17) is 5.11 Å². The highest BCUT2D eigenvalue weighted by Gasteiger charge is 2.72. The second kappa shape index (κ2) is 3.42. The van der Waals surface area contributed by atoms with Crippen molar-refractivity contribution in [2.75, 3.05) is 26.2 Å². The van der Waals surface area contributed by atoms with E-state index in [1.165, 1.54) is 0 Å². The molecule has 2 heterocycles. The highest BCUT2D eigenvalue weighted by molar-refractivity contribution is 5.79. The zero-order valence-corrected chi connectivity index (χ0v) is 10.9. The molecule has 0 radical (unpaired) electrons. The van der Waals surface area contributed by atoms with Crippen LogP contribution in [0.15, 0.2) is 0 Å². The van der Waals surface area contributed by atoms with E-state index in [-0.39, 0.29) is 23.4 Å². The fourth-order valence-electron chi connectivity index (χ4n) is 4.75. The van der Waals surface area contributed by atoms with Gasteiger partial charge in [0.15, 0.2) is 0 Å². The first-order valence-corrected chi connectivity index (χ1v) is 7.05. The van der Waals surface area contributed by atoms with E-state index in [1.54, 1.807) is 0 Å². The van der Waals surface area contributed by atoms with E-state index in [9.17, 15) is 9.59 Å². The molecule has 19 heavy (non-hydrogen) atoms. The van der Waals surface area contributed by atoms with Crippen molar-refractivity contribution >= 4 is 12.0 Å². The van der Waals surface area contributed by atoms with Gasteiger partial charge in [0.25, 0.3) is 0 Å². The van der Waals surface area contributed by atoms with Crippen LogP contribution in [0.1, 0.15) is 25.7 Å². The predicted octanol–water partition coefficient (Wildman–Crippen LogP) is 0.0932. The van der Waals surface area contributed by atoms with Gasteiger partial charge in [-0.1, -0.05) is 0 Å². The highest BCUT2D eigenvalue weighted by Crippen LogP contribution is 2.71. The van der Waals surface area contributed by atoms with Crippen molar-refractivity contribution in [3.05, 3.63) is 0 Å². The number of hydrogen-bond acceptors (Lipinski definition) is 3. The normalized spacial score (nSPS) is 43.6. The van der Waals surface area contributed by atoms with E-state index < -0.39 is 5.97 Å². The molecule has 5 aliphatic rings. The number of nitrogens with zero attached hydrogens (tertiary/aromatic N) is 2. The van der Waals surface area contributed by atoms with Crippen LogP contribution >= 0.6 is 0 Å². The molecule has 3 saturated carbocycles. The second-order valence-electron chi connectivity index (χ2n) is 6.77. The van der Waals surface area contributed by atoms with Crippen molar-refractivity contribution in [2.45, 2.75) is 37.3 Å². The summed E-state index contributed by atoms with van der Waals surface area (Å²) in [6.07, 6.45) is 2.95. The molecule has 2 saturated heterocycles. The monoisotopic (exact) mass is 265 g/mol. The van der Waals surface area contributed by atoms with Crippen LogP contribution in [0.5, 0.6) is 0 Å². The molecule has 104 valence electrons. The number of hydrogen-bond donors (Lipinski definition) is 2. The van der Waals surface area contributed by atoms with Crippen LogP contribution in [0.2, 0.25) is 0 Å². The molecule has 2 bridgehead atoms. The summed E-state index contributed by atoms with van der Waals surface area (Å²) >= 11 is 0. The molecule has 0 aromatic heterocycles. The maximum absolute atomic E-state index is 12.4. The molecule has 1 atom stereocenters. The molecule has 0 spiro atoms. The quantitative estimate of drug-likeness (QED) is 0.759. The molecule has 5 fully saturated rings. The second-order valence-corrected chi connectivity index (χ2v) is 6.77. The number of piperazine rings is 1. The highest BCUT2D eigenvalue weighted by atomic mass is 16.4. The molecule has 6 heteroatoms. The third-order valence-electron chi connectivity index (χ3n) is 5.43. The van der Waals surface area contributed by atoms with Gasteiger partial charge in [0, 0.05) is 31.7 Å². The van der Waals surface area contributed by atoms with Gasteiger partial charge in [-0.05, 0) is 24.7 Å². The summed E-state index contributed by atoms with van der Waals surface area (Å²) in [4.78, 5) is 27.3. The third kappa shape index (κ3) is 1.40. The topological polar surface area (TPSA) is 72.9 Å². The average Bonchev–Trinajstić information content (AvgIpc) is 2.60. The minimum Gasteiger partial charge on any atom is -0.481 e. The van der Waals surface area contributed by atoms with Crippen LogP contribution in [0.3, 0.4) is 0 Å². The van der Waals surface area contributed by atoms with Crippen molar-refractivity contribution < 1.29 is 14.7 Å². The van der Waals surface area contributed by atoms with Gasteiger partial charge in [0.1, 0.15) is 0 Å².